The number of aromatic nitrogens is 1. The molecule has 0 atom stereocenters. The summed E-state index contributed by atoms with van der Waals surface area (Å²) in [7, 11) is 1.48. The average molecular weight is 349 g/mol. The Morgan fingerprint density at radius 3 is 2.75 bits per heavy atom. The van der Waals surface area contributed by atoms with E-state index in [9.17, 15) is 9.59 Å². The highest BCUT2D eigenvalue weighted by Crippen LogP contribution is 2.39. The number of amides is 1. The van der Waals surface area contributed by atoms with Crippen molar-refractivity contribution >= 4 is 40.2 Å². The third-order valence-electron chi connectivity index (χ3n) is 4.09. The smallest absolute Gasteiger partial charge is 0.296 e. The van der Waals surface area contributed by atoms with Crippen LogP contribution in [0.25, 0.3) is 10.9 Å². The number of benzene rings is 1. The highest BCUT2D eigenvalue weighted by Gasteiger charge is 2.25. The summed E-state index contributed by atoms with van der Waals surface area (Å²) in [5, 5.41) is 0.928. The van der Waals surface area contributed by atoms with Crippen molar-refractivity contribution in [3.63, 3.8) is 0 Å². The molecule has 2 aromatic rings. The van der Waals surface area contributed by atoms with E-state index >= 15 is 0 Å². The van der Waals surface area contributed by atoms with Crippen LogP contribution in [0.1, 0.15) is 40.1 Å². The maximum atomic E-state index is 12.5. The molecule has 0 bridgehead atoms. The molecular weight excluding hydrogens is 332 g/mol. The third-order valence-corrected chi connectivity index (χ3v) is 4.48. The van der Waals surface area contributed by atoms with Gasteiger partial charge in [0.2, 0.25) is 0 Å². The van der Waals surface area contributed by atoms with E-state index in [0.29, 0.717) is 45.9 Å². The number of rotatable bonds is 2. The molecule has 0 fully saturated rings. The quantitative estimate of drug-likeness (QED) is 0.637. The number of nitrogens with zero attached hydrogens (tertiary/aromatic N) is 2. The predicted octanol–water partition coefficient (Wildman–Crippen LogP) is 2.08. The Hall–Kier alpha value is -2.54. The van der Waals surface area contributed by atoms with Crippen LogP contribution >= 0.6 is 11.6 Å². The van der Waals surface area contributed by atoms with E-state index in [-0.39, 0.29) is 11.7 Å². The number of Topliss-reactive ketones (excluding diaryl/α,β-unsaturated/α-hetero) is 1. The molecule has 8 heteroatoms. The van der Waals surface area contributed by atoms with Gasteiger partial charge in [0.1, 0.15) is 11.4 Å². The minimum Gasteiger partial charge on any atom is -0.495 e. The molecule has 4 N–H and O–H groups in total. The summed E-state index contributed by atoms with van der Waals surface area (Å²) < 4.78 is 7.03. The molecule has 0 unspecified atom stereocenters. The summed E-state index contributed by atoms with van der Waals surface area (Å²) in [4.78, 5) is 28.5. The molecule has 1 aliphatic rings. The van der Waals surface area contributed by atoms with Crippen molar-refractivity contribution in [2.75, 3.05) is 7.11 Å². The van der Waals surface area contributed by atoms with Crippen LogP contribution in [0, 0.1) is 0 Å². The molecule has 3 rings (SSSR count). The molecule has 0 aliphatic carbocycles. The second-order valence-corrected chi connectivity index (χ2v) is 5.98. The Morgan fingerprint density at radius 1 is 1.33 bits per heavy atom. The van der Waals surface area contributed by atoms with Crippen LogP contribution < -0.4 is 16.2 Å². The summed E-state index contributed by atoms with van der Waals surface area (Å²) in [6.07, 6.45) is 1.95. The SMILES string of the molecule is COc1cc2c3c(cc(C(=O)N=C(N)N)n3CCCCC2=O)c1Cl. The molecule has 0 radical (unpaired) electrons. The molecule has 1 amide bonds. The van der Waals surface area contributed by atoms with Gasteiger partial charge in [-0.3, -0.25) is 9.59 Å². The molecule has 0 saturated heterocycles. The van der Waals surface area contributed by atoms with Crippen molar-refractivity contribution in [1.29, 1.82) is 0 Å². The molecule has 126 valence electrons. The van der Waals surface area contributed by atoms with E-state index in [1.165, 1.54) is 7.11 Å². The number of nitrogens with two attached hydrogens (primary N) is 2. The van der Waals surface area contributed by atoms with Gasteiger partial charge in [0.15, 0.2) is 11.7 Å². The molecular formula is C16H17ClN4O3. The first-order valence-electron chi connectivity index (χ1n) is 7.51. The van der Waals surface area contributed by atoms with Gasteiger partial charge >= 0.3 is 0 Å². The third kappa shape index (κ3) is 2.60. The summed E-state index contributed by atoms with van der Waals surface area (Å²) >= 11 is 6.39. The maximum absolute atomic E-state index is 12.5. The molecule has 1 aromatic carbocycles. The Kier molecular flexibility index (Phi) is 4.19. The van der Waals surface area contributed by atoms with Crippen LogP contribution in [0.15, 0.2) is 17.1 Å². The monoisotopic (exact) mass is 348 g/mol. The van der Waals surface area contributed by atoms with Gasteiger partial charge in [0.25, 0.3) is 5.91 Å². The lowest BCUT2D eigenvalue weighted by Crippen LogP contribution is -2.25. The van der Waals surface area contributed by atoms with Gasteiger partial charge in [0.05, 0.1) is 17.6 Å². The van der Waals surface area contributed by atoms with Crippen LogP contribution in [0.4, 0.5) is 0 Å². The Labute approximate surface area is 143 Å². The van der Waals surface area contributed by atoms with Crippen molar-refractivity contribution in [3.05, 3.63) is 28.4 Å². The summed E-state index contributed by atoms with van der Waals surface area (Å²) in [5.74, 6) is -0.495. The number of methoxy groups -OCH3 is 1. The highest BCUT2D eigenvalue weighted by atomic mass is 35.5. The topological polar surface area (TPSA) is 113 Å². The van der Waals surface area contributed by atoms with Gasteiger partial charge < -0.3 is 20.8 Å². The van der Waals surface area contributed by atoms with E-state index in [0.717, 1.165) is 12.8 Å². The number of aryl methyl sites for hydroxylation is 1. The van der Waals surface area contributed by atoms with Gasteiger partial charge in [-0.1, -0.05) is 11.6 Å². The largest absolute Gasteiger partial charge is 0.495 e. The number of aliphatic imine (C=N–C) groups is 1. The molecule has 0 spiro atoms. The molecule has 24 heavy (non-hydrogen) atoms. The first-order valence-corrected chi connectivity index (χ1v) is 7.88. The normalized spacial score (nSPS) is 14.2. The number of guanidine groups is 1. The van der Waals surface area contributed by atoms with Gasteiger partial charge in [-0.15, -0.1) is 0 Å². The fourth-order valence-electron chi connectivity index (χ4n) is 3.04. The molecule has 1 aromatic heterocycles. The number of halogens is 1. The predicted molar refractivity (Wildman–Crippen MR) is 91.8 cm³/mol. The maximum Gasteiger partial charge on any atom is 0.296 e. The van der Waals surface area contributed by atoms with Crippen LogP contribution in [-0.4, -0.2) is 29.3 Å². The fraction of sp³-hybridized carbons (Fsp3) is 0.312. The van der Waals surface area contributed by atoms with E-state index in [4.69, 9.17) is 27.8 Å². The summed E-state index contributed by atoms with van der Waals surface area (Å²) in [6.45, 7) is 0.577. The van der Waals surface area contributed by atoms with Crippen LogP contribution in [0.5, 0.6) is 5.75 Å². The van der Waals surface area contributed by atoms with Gasteiger partial charge in [-0.25, -0.2) is 0 Å². The van der Waals surface area contributed by atoms with Gasteiger partial charge in [0, 0.05) is 23.9 Å². The fourth-order valence-corrected chi connectivity index (χ4v) is 3.31. The number of ether oxygens (including phenoxy) is 1. The molecule has 0 saturated carbocycles. The molecule has 7 nitrogen and oxygen atoms in total. The lowest BCUT2D eigenvalue weighted by Gasteiger charge is -2.16. The van der Waals surface area contributed by atoms with E-state index in [2.05, 4.69) is 4.99 Å². The van der Waals surface area contributed by atoms with Crippen molar-refractivity contribution in [2.24, 2.45) is 16.5 Å². The second kappa shape index (κ2) is 6.16. The zero-order valence-corrected chi connectivity index (χ0v) is 13.9. The number of hydrogen-bond donors (Lipinski definition) is 2. The molecule has 1 aliphatic heterocycles. The summed E-state index contributed by atoms with van der Waals surface area (Å²) in [5.41, 5.74) is 12.0. The average Bonchev–Trinajstić information content (AvgIpc) is 2.89. The van der Waals surface area contributed by atoms with Crippen molar-refractivity contribution < 1.29 is 14.3 Å². The number of carbonyl (C=O) groups excluding carboxylic acids is 2. The second-order valence-electron chi connectivity index (χ2n) is 5.61. The van der Waals surface area contributed by atoms with Crippen LogP contribution in [0.3, 0.4) is 0 Å². The van der Waals surface area contributed by atoms with Crippen LogP contribution in [-0.2, 0) is 6.54 Å². The van der Waals surface area contributed by atoms with Crippen molar-refractivity contribution in [2.45, 2.75) is 25.8 Å². The Bertz CT molecular complexity index is 881. The van der Waals surface area contributed by atoms with Gasteiger partial charge in [-0.05, 0) is 25.0 Å². The Morgan fingerprint density at radius 2 is 2.08 bits per heavy atom. The van der Waals surface area contributed by atoms with E-state index in [1.807, 2.05) is 0 Å². The first-order chi connectivity index (χ1) is 11.4. The zero-order chi connectivity index (χ0) is 17.4. The highest BCUT2D eigenvalue weighted by molar-refractivity contribution is 6.38. The number of carbonyl (C=O) groups is 2. The minimum atomic E-state index is -0.569. The van der Waals surface area contributed by atoms with Gasteiger partial charge in [-0.2, -0.15) is 4.99 Å². The number of hydrogen-bond acceptors (Lipinski definition) is 3. The van der Waals surface area contributed by atoms with Crippen LogP contribution in [0.2, 0.25) is 5.02 Å². The lowest BCUT2D eigenvalue weighted by atomic mass is 10.0. The van der Waals surface area contributed by atoms with E-state index in [1.54, 1.807) is 16.7 Å². The number of ketones is 1. The minimum absolute atomic E-state index is 0.00476. The summed E-state index contributed by atoms with van der Waals surface area (Å²) in [6, 6.07) is 3.24. The zero-order valence-electron chi connectivity index (χ0n) is 13.1. The first kappa shape index (κ1) is 16.3. The Balaban J connectivity index is 2.38. The van der Waals surface area contributed by atoms with Crippen molar-refractivity contribution in [3.8, 4) is 5.75 Å². The van der Waals surface area contributed by atoms with E-state index < -0.39 is 5.91 Å². The lowest BCUT2D eigenvalue weighted by molar-refractivity contribution is 0.0969. The molecule has 2 heterocycles. The van der Waals surface area contributed by atoms with Crippen molar-refractivity contribution in [1.82, 2.24) is 4.57 Å². The standard InChI is InChI=1S/C16H17ClN4O3/c1-24-12-7-8-11(22)4-2-3-5-21-10(15(23)20-16(18)19)6-9(13(12)17)14(8)21/h6-7H,2-5H2,1H3,(H4,18,19,20,23).